The van der Waals surface area contributed by atoms with Crippen LogP contribution in [0.2, 0.25) is 0 Å². The molecule has 0 aliphatic heterocycles. The van der Waals surface area contributed by atoms with Gasteiger partial charge in [0, 0.05) is 7.11 Å². The Morgan fingerprint density at radius 2 is 1.86 bits per heavy atom. The second-order valence-electron chi connectivity index (χ2n) is 4.77. The van der Waals surface area contributed by atoms with Crippen LogP contribution < -0.4 is 0 Å². The average molecular weight is 286 g/mol. The average Bonchev–Trinajstić information content (AvgIpc) is 2.52. The summed E-state index contributed by atoms with van der Waals surface area (Å²) in [7, 11) is 1.38. The Labute approximate surface area is 124 Å². The number of rotatable bonds is 6. The van der Waals surface area contributed by atoms with E-state index in [1.54, 1.807) is 44.2 Å². The van der Waals surface area contributed by atoms with E-state index >= 15 is 0 Å². The summed E-state index contributed by atoms with van der Waals surface area (Å²) in [4.78, 5) is 12.4. The SMILES string of the molecule is CCOC(=O)[C@@](C#N)(COC)[C@@](C)(C#N)c1ccccc1. The highest BCUT2D eigenvalue weighted by Crippen LogP contribution is 2.42. The molecule has 5 heteroatoms. The lowest BCUT2D eigenvalue weighted by atomic mass is 9.62. The molecule has 0 N–H and O–H groups in total. The fourth-order valence-electron chi connectivity index (χ4n) is 2.25. The third-order valence-corrected chi connectivity index (χ3v) is 3.60. The van der Waals surface area contributed by atoms with Crippen LogP contribution >= 0.6 is 0 Å². The van der Waals surface area contributed by atoms with Crippen LogP contribution in [-0.2, 0) is 19.7 Å². The standard InChI is InChI=1S/C16H18N2O3/c1-4-21-14(19)16(11-18,12-20-3)15(2,10-17)13-8-6-5-7-9-13/h5-9H,4,12H2,1-3H3/t15-,16+/m0/s1. The largest absolute Gasteiger partial charge is 0.465 e. The molecular formula is C16H18N2O3. The Balaban J connectivity index is 3.52. The van der Waals surface area contributed by atoms with Crippen LogP contribution in [0, 0.1) is 28.1 Å². The van der Waals surface area contributed by atoms with Crippen molar-refractivity contribution < 1.29 is 14.3 Å². The molecular weight excluding hydrogens is 268 g/mol. The lowest BCUT2D eigenvalue weighted by molar-refractivity contribution is -0.157. The van der Waals surface area contributed by atoms with Crippen LogP contribution in [-0.4, -0.2) is 26.3 Å². The highest BCUT2D eigenvalue weighted by Gasteiger charge is 2.57. The maximum absolute atomic E-state index is 12.4. The van der Waals surface area contributed by atoms with E-state index in [2.05, 4.69) is 6.07 Å². The molecule has 0 radical (unpaired) electrons. The van der Waals surface area contributed by atoms with Crippen LogP contribution in [0.4, 0.5) is 0 Å². The number of benzene rings is 1. The number of ether oxygens (including phenoxy) is 2. The Bertz CT molecular complexity index is 573. The molecule has 0 amide bonds. The molecule has 0 aromatic heterocycles. The van der Waals surface area contributed by atoms with Gasteiger partial charge in [0.1, 0.15) is 5.41 Å². The van der Waals surface area contributed by atoms with Gasteiger partial charge >= 0.3 is 5.97 Å². The second kappa shape index (κ2) is 6.88. The molecule has 1 rings (SSSR count). The van der Waals surface area contributed by atoms with Gasteiger partial charge in [-0.15, -0.1) is 0 Å². The van der Waals surface area contributed by atoms with Gasteiger partial charge in [-0.25, -0.2) is 0 Å². The summed E-state index contributed by atoms with van der Waals surface area (Å²) < 4.78 is 10.1. The van der Waals surface area contributed by atoms with E-state index in [1.807, 2.05) is 6.07 Å². The minimum atomic E-state index is -1.73. The van der Waals surface area contributed by atoms with E-state index in [0.29, 0.717) is 5.56 Å². The Hall–Kier alpha value is -2.37. The van der Waals surface area contributed by atoms with E-state index < -0.39 is 16.8 Å². The van der Waals surface area contributed by atoms with Crippen LogP contribution in [0.1, 0.15) is 19.4 Å². The van der Waals surface area contributed by atoms with Gasteiger partial charge in [-0.05, 0) is 19.4 Å². The quantitative estimate of drug-likeness (QED) is 0.748. The van der Waals surface area contributed by atoms with Crippen molar-refractivity contribution in [3.8, 4) is 12.1 Å². The molecule has 1 aromatic carbocycles. The van der Waals surface area contributed by atoms with Crippen molar-refractivity contribution in [2.45, 2.75) is 19.3 Å². The summed E-state index contributed by atoms with van der Waals surface area (Å²) >= 11 is 0. The molecule has 0 heterocycles. The molecule has 0 fully saturated rings. The van der Waals surface area contributed by atoms with Gasteiger partial charge < -0.3 is 9.47 Å². The van der Waals surface area contributed by atoms with Crippen LogP contribution in [0.25, 0.3) is 0 Å². The zero-order valence-electron chi connectivity index (χ0n) is 12.4. The first-order valence-electron chi connectivity index (χ1n) is 6.56. The van der Waals surface area contributed by atoms with Crippen molar-refractivity contribution in [3.05, 3.63) is 35.9 Å². The molecule has 0 unspecified atom stereocenters. The van der Waals surface area contributed by atoms with Crippen molar-refractivity contribution in [3.63, 3.8) is 0 Å². The third-order valence-electron chi connectivity index (χ3n) is 3.60. The maximum Gasteiger partial charge on any atom is 0.330 e. The monoisotopic (exact) mass is 286 g/mol. The van der Waals surface area contributed by atoms with Crippen molar-refractivity contribution >= 4 is 5.97 Å². The normalized spacial score (nSPS) is 15.9. The van der Waals surface area contributed by atoms with Gasteiger partial charge in [-0.2, -0.15) is 10.5 Å². The number of carbonyl (C=O) groups excluding carboxylic acids is 1. The van der Waals surface area contributed by atoms with E-state index in [0.717, 1.165) is 0 Å². The van der Waals surface area contributed by atoms with Crippen LogP contribution in [0.15, 0.2) is 30.3 Å². The number of hydrogen-bond donors (Lipinski definition) is 0. The topological polar surface area (TPSA) is 83.1 Å². The summed E-state index contributed by atoms with van der Waals surface area (Å²) in [5.74, 6) is -0.748. The summed E-state index contributed by atoms with van der Waals surface area (Å²) in [5, 5.41) is 19.3. The molecule has 0 bridgehead atoms. The van der Waals surface area contributed by atoms with E-state index in [-0.39, 0.29) is 13.2 Å². The Morgan fingerprint density at radius 3 is 2.29 bits per heavy atom. The van der Waals surface area contributed by atoms with E-state index in [9.17, 15) is 15.3 Å². The zero-order chi connectivity index (χ0) is 15.9. The minimum absolute atomic E-state index is 0.127. The molecule has 0 aliphatic carbocycles. The molecule has 1 aromatic rings. The van der Waals surface area contributed by atoms with Gasteiger partial charge in [0.25, 0.3) is 0 Å². The van der Waals surface area contributed by atoms with Gasteiger partial charge in [0.05, 0.1) is 25.4 Å². The minimum Gasteiger partial charge on any atom is -0.465 e. The summed E-state index contributed by atoms with van der Waals surface area (Å²) in [5.41, 5.74) is -2.54. The number of nitriles is 2. The zero-order valence-corrected chi connectivity index (χ0v) is 12.4. The number of carbonyl (C=O) groups is 1. The van der Waals surface area contributed by atoms with Crippen molar-refractivity contribution in [1.82, 2.24) is 0 Å². The predicted octanol–water partition coefficient (Wildman–Crippen LogP) is 2.19. The predicted molar refractivity (Wildman–Crippen MR) is 76.0 cm³/mol. The van der Waals surface area contributed by atoms with Gasteiger partial charge in [0.15, 0.2) is 5.41 Å². The van der Waals surface area contributed by atoms with E-state index in [1.165, 1.54) is 7.11 Å². The molecule has 0 spiro atoms. The highest BCUT2D eigenvalue weighted by molar-refractivity contribution is 5.84. The second-order valence-corrected chi connectivity index (χ2v) is 4.77. The smallest absolute Gasteiger partial charge is 0.330 e. The van der Waals surface area contributed by atoms with Crippen LogP contribution in [0.3, 0.4) is 0 Å². The first-order valence-corrected chi connectivity index (χ1v) is 6.56. The van der Waals surface area contributed by atoms with Gasteiger partial charge in [-0.1, -0.05) is 30.3 Å². The molecule has 0 saturated carbocycles. The van der Waals surface area contributed by atoms with Crippen LogP contribution in [0.5, 0.6) is 0 Å². The number of nitrogens with zero attached hydrogens (tertiary/aromatic N) is 2. The summed E-state index contributed by atoms with van der Waals surface area (Å²) in [6, 6.07) is 12.8. The van der Waals surface area contributed by atoms with Gasteiger partial charge in [-0.3, -0.25) is 4.79 Å². The molecule has 110 valence electrons. The number of hydrogen-bond acceptors (Lipinski definition) is 5. The Kier molecular flexibility index (Phi) is 5.46. The highest BCUT2D eigenvalue weighted by atomic mass is 16.5. The summed E-state index contributed by atoms with van der Waals surface area (Å²) in [6.07, 6.45) is 0. The lowest BCUT2D eigenvalue weighted by Gasteiger charge is -2.36. The molecule has 0 saturated heterocycles. The molecule has 5 nitrogen and oxygen atoms in total. The van der Waals surface area contributed by atoms with Crippen molar-refractivity contribution in [1.29, 1.82) is 10.5 Å². The summed E-state index contributed by atoms with van der Waals surface area (Å²) in [6.45, 7) is 3.12. The third kappa shape index (κ3) is 2.74. The number of methoxy groups -OCH3 is 1. The van der Waals surface area contributed by atoms with E-state index in [4.69, 9.17) is 9.47 Å². The lowest BCUT2D eigenvalue weighted by Crippen LogP contribution is -2.51. The maximum atomic E-state index is 12.4. The Morgan fingerprint density at radius 1 is 1.24 bits per heavy atom. The fourth-order valence-corrected chi connectivity index (χ4v) is 2.25. The first kappa shape index (κ1) is 16.7. The van der Waals surface area contributed by atoms with Gasteiger partial charge in [0.2, 0.25) is 0 Å². The van der Waals surface area contributed by atoms with Crippen molar-refractivity contribution in [2.24, 2.45) is 5.41 Å². The molecule has 2 atom stereocenters. The molecule has 0 aliphatic rings. The number of esters is 1. The first-order chi connectivity index (χ1) is 10.0. The fraction of sp³-hybridized carbons (Fsp3) is 0.438. The van der Waals surface area contributed by atoms with Crippen molar-refractivity contribution in [2.75, 3.05) is 20.3 Å². The molecule has 21 heavy (non-hydrogen) atoms.